The number of nitrogens with one attached hydrogen (secondary N) is 1. The van der Waals surface area contributed by atoms with Gasteiger partial charge < -0.3 is 15.1 Å². The summed E-state index contributed by atoms with van der Waals surface area (Å²) in [6.45, 7) is 3.05. The van der Waals surface area contributed by atoms with Crippen LogP contribution in [0.5, 0.6) is 0 Å². The van der Waals surface area contributed by atoms with Gasteiger partial charge in [0.25, 0.3) is 5.91 Å². The zero-order valence-corrected chi connectivity index (χ0v) is 13.2. The highest BCUT2D eigenvalue weighted by Crippen LogP contribution is 2.17. The summed E-state index contributed by atoms with van der Waals surface area (Å²) in [6.07, 6.45) is 1.63. The van der Waals surface area contributed by atoms with E-state index in [9.17, 15) is 9.59 Å². The summed E-state index contributed by atoms with van der Waals surface area (Å²) in [5.41, 5.74) is 0.388. The Hall–Kier alpha value is -2.47. The van der Waals surface area contributed by atoms with Crippen molar-refractivity contribution in [3.05, 3.63) is 42.2 Å². The van der Waals surface area contributed by atoms with Crippen molar-refractivity contribution in [2.75, 3.05) is 39.8 Å². The van der Waals surface area contributed by atoms with E-state index in [1.165, 1.54) is 4.90 Å². The molecule has 0 radical (unpaired) electrons. The molecular weight excluding hydrogens is 292 g/mol. The van der Waals surface area contributed by atoms with Gasteiger partial charge in [0.05, 0.1) is 6.54 Å². The average Bonchev–Trinajstić information content (AvgIpc) is 2.61. The van der Waals surface area contributed by atoms with Crippen molar-refractivity contribution in [3.63, 3.8) is 0 Å². The third kappa shape index (κ3) is 3.32. The van der Waals surface area contributed by atoms with Crippen LogP contribution in [-0.4, -0.2) is 66.4 Å². The van der Waals surface area contributed by atoms with E-state index in [-0.39, 0.29) is 18.4 Å². The molecule has 1 fully saturated rings. The third-order valence-electron chi connectivity index (χ3n) is 4.07. The van der Waals surface area contributed by atoms with Crippen molar-refractivity contribution in [2.45, 2.75) is 0 Å². The van der Waals surface area contributed by atoms with E-state index in [4.69, 9.17) is 0 Å². The highest BCUT2D eigenvalue weighted by Gasteiger charge is 2.22. The van der Waals surface area contributed by atoms with E-state index in [1.807, 2.05) is 30.3 Å². The summed E-state index contributed by atoms with van der Waals surface area (Å²) >= 11 is 0. The second-order valence-electron chi connectivity index (χ2n) is 5.67. The first-order chi connectivity index (χ1) is 11.2. The molecule has 1 aromatic carbocycles. The molecule has 0 saturated carbocycles. The molecule has 0 unspecified atom stereocenters. The van der Waals surface area contributed by atoms with Gasteiger partial charge in [-0.25, -0.2) is 0 Å². The van der Waals surface area contributed by atoms with Crippen LogP contribution in [0.2, 0.25) is 0 Å². The minimum absolute atomic E-state index is 0.0254. The Morgan fingerprint density at radius 3 is 2.74 bits per heavy atom. The Morgan fingerprint density at radius 2 is 1.96 bits per heavy atom. The van der Waals surface area contributed by atoms with Gasteiger partial charge in [-0.2, -0.15) is 0 Å². The molecule has 6 nitrogen and oxygen atoms in total. The van der Waals surface area contributed by atoms with Crippen molar-refractivity contribution >= 4 is 22.6 Å². The predicted molar refractivity (Wildman–Crippen MR) is 88.2 cm³/mol. The predicted octanol–water partition coefficient (Wildman–Crippen LogP) is 0.739. The van der Waals surface area contributed by atoms with Crippen molar-refractivity contribution in [1.29, 1.82) is 0 Å². The van der Waals surface area contributed by atoms with E-state index in [1.54, 1.807) is 18.1 Å². The number of piperazine rings is 1. The largest absolute Gasteiger partial charge is 0.339 e. The van der Waals surface area contributed by atoms with Crippen LogP contribution < -0.4 is 5.32 Å². The molecule has 0 aliphatic carbocycles. The minimum atomic E-state index is -0.231. The summed E-state index contributed by atoms with van der Waals surface area (Å²) in [5.74, 6) is -0.257. The number of amides is 2. The Balaban J connectivity index is 1.75. The molecule has 0 atom stereocenters. The zero-order valence-electron chi connectivity index (χ0n) is 13.2. The van der Waals surface area contributed by atoms with E-state index in [2.05, 4.69) is 10.3 Å². The fourth-order valence-corrected chi connectivity index (χ4v) is 2.76. The Kier molecular flexibility index (Phi) is 4.52. The molecule has 0 bridgehead atoms. The number of likely N-dealkylation sites (N-methyl/N-ethyl adjacent to an activating group) is 1. The van der Waals surface area contributed by atoms with Crippen LogP contribution in [0.3, 0.4) is 0 Å². The lowest BCUT2D eigenvalue weighted by molar-refractivity contribution is -0.132. The van der Waals surface area contributed by atoms with Crippen molar-refractivity contribution < 1.29 is 9.59 Å². The normalized spacial score (nSPS) is 14.7. The van der Waals surface area contributed by atoms with Crippen LogP contribution in [-0.2, 0) is 4.79 Å². The lowest BCUT2D eigenvalue weighted by Gasteiger charge is -2.29. The number of fused-ring (bicyclic) bond motifs is 1. The molecule has 3 rings (SSSR count). The molecule has 6 heteroatoms. The van der Waals surface area contributed by atoms with Crippen LogP contribution in [0.15, 0.2) is 36.5 Å². The van der Waals surface area contributed by atoms with Gasteiger partial charge in [-0.05, 0) is 11.5 Å². The molecule has 2 aromatic rings. The summed E-state index contributed by atoms with van der Waals surface area (Å²) in [5, 5.41) is 4.98. The Bertz CT molecular complexity index is 720. The second-order valence-corrected chi connectivity index (χ2v) is 5.67. The maximum absolute atomic E-state index is 12.7. The number of pyridine rings is 1. The lowest BCUT2D eigenvalue weighted by atomic mass is 10.1. The maximum atomic E-state index is 12.7. The van der Waals surface area contributed by atoms with E-state index >= 15 is 0 Å². The first kappa shape index (κ1) is 15.4. The standard InChI is InChI=1S/C17H20N4O2/c1-20(12-15(22)21-10-8-18-9-11-21)17(23)16-14-5-3-2-4-13(14)6-7-19-16/h2-7,18H,8-12H2,1H3. The van der Waals surface area contributed by atoms with Crippen LogP contribution >= 0.6 is 0 Å². The molecule has 1 N–H and O–H groups in total. The highest BCUT2D eigenvalue weighted by molar-refractivity contribution is 6.05. The molecule has 1 aromatic heterocycles. The fourth-order valence-electron chi connectivity index (χ4n) is 2.76. The molecule has 0 spiro atoms. The first-order valence-corrected chi connectivity index (χ1v) is 7.74. The quantitative estimate of drug-likeness (QED) is 0.908. The molecule has 120 valence electrons. The molecule has 2 amide bonds. The number of hydrogen-bond donors (Lipinski definition) is 1. The van der Waals surface area contributed by atoms with Crippen molar-refractivity contribution in [2.24, 2.45) is 0 Å². The van der Waals surface area contributed by atoms with Gasteiger partial charge in [-0.3, -0.25) is 14.6 Å². The molecule has 23 heavy (non-hydrogen) atoms. The van der Waals surface area contributed by atoms with Gasteiger partial charge in [-0.1, -0.05) is 24.3 Å². The second kappa shape index (κ2) is 6.75. The highest BCUT2D eigenvalue weighted by atomic mass is 16.2. The number of rotatable bonds is 3. The molecule has 2 heterocycles. The van der Waals surface area contributed by atoms with E-state index in [0.29, 0.717) is 18.8 Å². The summed E-state index contributed by atoms with van der Waals surface area (Å²) in [7, 11) is 1.64. The lowest BCUT2D eigenvalue weighted by Crippen LogP contribution is -2.49. The molecule has 1 saturated heterocycles. The van der Waals surface area contributed by atoms with Gasteiger partial charge in [-0.15, -0.1) is 0 Å². The van der Waals surface area contributed by atoms with Gasteiger partial charge in [0, 0.05) is 44.8 Å². The van der Waals surface area contributed by atoms with E-state index in [0.717, 1.165) is 23.9 Å². The minimum Gasteiger partial charge on any atom is -0.339 e. The first-order valence-electron chi connectivity index (χ1n) is 7.74. The molecule has 1 aliphatic rings. The number of benzene rings is 1. The van der Waals surface area contributed by atoms with Crippen LogP contribution in [0.4, 0.5) is 0 Å². The summed E-state index contributed by atoms with van der Waals surface area (Å²) in [4.78, 5) is 32.4. The van der Waals surface area contributed by atoms with Gasteiger partial charge in [0.2, 0.25) is 5.91 Å². The number of carbonyl (C=O) groups excluding carboxylic acids is 2. The third-order valence-corrected chi connectivity index (χ3v) is 4.07. The Labute approximate surface area is 135 Å². The zero-order chi connectivity index (χ0) is 16.2. The number of nitrogens with zero attached hydrogens (tertiary/aromatic N) is 3. The fraction of sp³-hybridized carbons (Fsp3) is 0.353. The summed E-state index contributed by atoms with van der Waals surface area (Å²) in [6, 6.07) is 9.50. The number of carbonyl (C=O) groups is 2. The average molecular weight is 312 g/mol. The van der Waals surface area contributed by atoms with Gasteiger partial charge in [0.15, 0.2) is 0 Å². The molecular formula is C17H20N4O2. The SMILES string of the molecule is CN(CC(=O)N1CCNCC1)C(=O)c1nccc2ccccc12. The maximum Gasteiger partial charge on any atom is 0.273 e. The van der Waals surface area contributed by atoms with Crippen LogP contribution in [0, 0.1) is 0 Å². The number of aromatic nitrogens is 1. The monoisotopic (exact) mass is 312 g/mol. The van der Waals surface area contributed by atoms with Crippen molar-refractivity contribution in [3.8, 4) is 0 Å². The van der Waals surface area contributed by atoms with Crippen LogP contribution in [0.25, 0.3) is 10.8 Å². The van der Waals surface area contributed by atoms with Gasteiger partial charge in [0.1, 0.15) is 5.69 Å². The van der Waals surface area contributed by atoms with Crippen molar-refractivity contribution in [1.82, 2.24) is 20.1 Å². The van der Waals surface area contributed by atoms with E-state index < -0.39 is 0 Å². The topological polar surface area (TPSA) is 65.5 Å². The number of hydrogen-bond acceptors (Lipinski definition) is 4. The molecule has 1 aliphatic heterocycles. The van der Waals surface area contributed by atoms with Crippen LogP contribution in [0.1, 0.15) is 10.5 Å². The Morgan fingerprint density at radius 1 is 1.22 bits per heavy atom. The smallest absolute Gasteiger partial charge is 0.273 e. The van der Waals surface area contributed by atoms with Gasteiger partial charge >= 0.3 is 0 Å². The summed E-state index contributed by atoms with van der Waals surface area (Å²) < 4.78 is 0.